The van der Waals surface area contributed by atoms with Gasteiger partial charge in [-0.15, -0.1) is 0 Å². The van der Waals surface area contributed by atoms with Crippen LogP contribution in [0.4, 0.5) is 0 Å². The number of benzene rings is 2. The molecule has 0 amide bonds. The fraction of sp³-hybridized carbons (Fsp3) is 0. The third-order valence-electron chi connectivity index (χ3n) is 3.29. The van der Waals surface area contributed by atoms with E-state index in [9.17, 15) is 14.4 Å². The molecule has 0 saturated carbocycles. The van der Waals surface area contributed by atoms with Gasteiger partial charge >= 0.3 is 139 Å². The first-order valence-corrected chi connectivity index (χ1v) is 8.71. The molecule has 0 atom stereocenters. The Morgan fingerprint density at radius 3 is 1.43 bits per heavy atom. The van der Waals surface area contributed by atoms with Crippen LogP contribution in [-0.4, -0.2) is 26.1 Å². The van der Waals surface area contributed by atoms with Crippen LogP contribution in [0.5, 0.6) is 0 Å². The van der Waals surface area contributed by atoms with Crippen LogP contribution in [0, 0.1) is 0 Å². The van der Waals surface area contributed by atoms with Crippen molar-refractivity contribution in [1.29, 1.82) is 0 Å². The summed E-state index contributed by atoms with van der Waals surface area (Å²) in [6.07, 6.45) is 0. The van der Waals surface area contributed by atoms with Crippen molar-refractivity contribution in [3.63, 3.8) is 0 Å². The van der Waals surface area contributed by atoms with Gasteiger partial charge in [0.1, 0.15) is 0 Å². The van der Waals surface area contributed by atoms with Crippen molar-refractivity contribution in [2.24, 2.45) is 0 Å². The van der Waals surface area contributed by atoms with Crippen LogP contribution in [0.3, 0.4) is 0 Å². The molecule has 0 N–H and O–H groups in total. The van der Waals surface area contributed by atoms with Crippen molar-refractivity contribution in [3.05, 3.63) is 103 Å². The summed E-state index contributed by atoms with van der Waals surface area (Å²) >= 11 is -0.478. The first-order chi connectivity index (χ1) is 11.1. The van der Waals surface area contributed by atoms with E-state index in [1.165, 1.54) is 12.1 Å². The molecule has 3 nitrogen and oxygen atoms in total. The Hall–Kier alpha value is -2.55. The van der Waals surface area contributed by atoms with Gasteiger partial charge < -0.3 is 0 Å². The SMILES string of the molecule is O=C(c1ccccc1)c1cc(=O)cc(C(=O)c2ccccc2)[se]1. The molecule has 4 heteroatoms. The van der Waals surface area contributed by atoms with Crippen molar-refractivity contribution in [2.45, 2.75) is 0 Å². The maximum absolute atomic E-state index is 12.5. The van der Waals surface area contributed by atoms with Crippen molar-refractivity contribution < 1.29 is 9.59 Å². The number of rotatable bonds is 4. The zero-order valence-corrected chi connectivity index (χ0v) is 13.8. The molecule has 2 aromatic carbocycles. The molecule has 0 saturated heterocycles. The molecule has 3 aromatic rings. The monoisotopic (exact) mass is 368 g/mol. The van der Waals surface area contributed by atoms with Crippen LogP contribution < -0.4 is 5.43 Å². The summed E-state index contributed by atoms with van der Waals surface area (Å²) in [5.41, 5.74) is 0.750. The average molecular weight is 367 g/mol. The molecule has 112 valence electrons. The molecule has 0 aliphatic heterocycles. The molecule has 0 spiro atoms. The quantitative estimate of drug-likeness (QED) is 0.526. The molecule has 0 radical (unpaired) electrons. The second-order valence-corrected chi connectivity index (χ2v) is 7.19. The summed E-state index contributed by atoms with van der Waals surface area (Å²) in [6, 6.07) is 20.3. The Morgan fingerprint density at radius 1 is 0.652 bits per heavy atom. The summed E-state index contributed by atoms with van der Waals surface area (Å²) in [5, 5.41) is 0. The molecule has 0 unspecified atom stereocenters. The fourth-order valence-electron chi connectivity index (χ4n) is 2.16. The number of hydrogen-bond acceptors (Lipinski definition) is 3. The second-order valence-electron chi connectivity index (χ2n) is 4.91. The molecule has 3 rings (SSSR count). The molecule has 0 aliphatic rings. The summed E-state index contributed by atoms with van der Waals surface area (Å²) < 4.78 is 0.825. The summed E-state index contributed by atoms with van der Waals surface area (Å²) in [4.78, 5) is 36.9. The van der Waals surface area contributed by atoms with Crippen LogP contribution in [0.25, 0.3) is 0 Å². The first kappa shape index (κ1) is 15.3. The predicted octanol–water partition coefficient (Wildman–Crippen LogP) is 2.57. The van der Waals surface area contributed by atoms with E-state index in [1.54, 1.807) is 48.5 Å². The summed E-state index contributed by atoms with van der Waals surface area (Å²) in [6.45, 7) is 0. The van der Waals surface area contributed by atoms with E-state index in [-0.39, 0.29) is 17.0 Å². The van der Waals surface area contributed by atoms with Gasteiger partial charge in [0.15, 0.2) is 0 Å². The number of hydrogen-bond donors (Lipinski definition) is 0. The molecular formula is C19H12O3Se. The van der Waals surface area contributed by atoms with E-state index in [0.29, 0.717) is 20.0 Å². The van der Waals surface area contributed by atoms with E-state index < -0.39 is 14.5 Å². The van der Waals surface area contributed by atoms with Gasteiger partial charge in [-0.3, -0.25) is 0 Å². The van der Waals surface area contributed by atoms with Crippen LogP contribution in [0.1, 0.15) is 29.6 Å². The Bertz CT molecular complexity index is 839. The Kier molecular flexibility index (Phi) is 4.47. The molecule has 1 aromatic heterocycles. The zero-order valence-electron chi connectivity index (χ0n) is 12.1. The van der Waals surface area contributed by atoms with E-state index in [1.807, 2.05) is 12.1 Å². The van der Waals surface area contributed by atoms with Crippen LogP contribution in [0.2, 0.25) is 0 Å². The average Bonchev–Trinajstić information content (AvgIpc) is 2.61. The topological polar surface area (TPSA) is 51.2 Å². The van der Waals surface area contributed by atoms with Crippen LogP contribution in [-0.2, 0) is 0 Å². The van der Waals surface area contributed by atoms with E-state index in [0.717, 1.165) is 0 Å². The first-order valence-electron chi connectivity index (χ1n) is 7.00. The molecular weight excluding hydrogens is 355 g/mol. The van der Waals surface area contributed by atoms with E-state index >= 15 is 0 Å². The minimum absolute atomic E-state index is 0.189. The van der Waals surface area contributed by atoms with E-state index in [2.05, 4.69) is 0 Å². The van der Waals surface area contributed by atoms with Crippen molar-refractivity contribution in [3.8, 4) is 0 Å². The number of ketones is 2. The van der Waals surface area contributed by atoms with Crippen molar-refractivity contribution >= 4 is 26.1 Å². The summed E-state index contributed by atoms with van der Waals surface area (Å²) in [5.74, 6) is -0.379. The van der Waals surface area contributed by atoms with Gasteiger partial charge in [-0.25, -0.2) is 0 Å². The molecule has 0 fully saturated rings. The molecule has 23 heavy (non-hydrogen) atoms. The van der Waals surface area contributed by atoms with Gasteiger partial charge in [-0.05, 0) is 0 Å². The van der Waals surface area contributed by atoms with E-state index in [4.69, 9.17) is 0 Å². The van der Waals surface area contributed by atoms with Crippen molar-refractivity contribution in [1.82, 2.24) is 0 Å². The Morgan fingerprint density at radius 2 is 1.04 bits per heavy atom. The van der Waals surface area contributed by atoms with Crippen LogP contribution in [0.15, 0.2) is 77.6 Å². The third-order valence-corrected chi connectivity index (χ3v) is 5.48. The van der Waals surface area contributed by atoms with Gasteiger partial charge in [0.2, 0.25) is 0 Å². The predicted molar refractivity (Wildman–Crippen MR) is 89.4 cm³/mol. The zero-order chi connectivity index (χ0) is 16.2. The third kappa shape index (κ3) is 3.45. The van der Waals surface area contributed by atoms with Gasteiger partial charge in [0.05, 0.1) is 0 Å². The Balaban J connectivity index is 2.02. The van der Waals surface area contributed by atoms with Gasteiger partial charge in [-0.1, -0.05) is 0 Å². The van der Waals surface area contributed by atoms with Gasteiger partial charge in [-0.2, -0.15) is 0 Å². The van der Waals surface area contributed by atoms with Gasteiger partial charge in [0.25, 0.3) is 0 Å². The molecule has 0 bridgehead atoms. The van der Waals surface area contributed by atoms with Gasteiger partial charge in [0, 0.05) is 0 Å². The maximum atomic E-state index is 12.5. The standard InChI is InChI=1S/C19H12O3Se/c20-15-11-16(18(21)13-7-3-1-4-8-13)23-17(12-15)19(22)14-9-5-2-6-10-14/h1-12H. The normalized spacial score (nSPS) is 10.3. The molecule has 1 heterocycles. The molecule has 0 aliphatic carbocycles. The number of carbonyl (C=O) groups excluding carboxylic acids is 2. The van der Waals surface area contributed by atoms with Crippen molar-refractivity contribution in [2.75, 3.05) is 0 Å². The fourth-order valence-corrected chi connectivity index (χ4v) is 4.28. The number of carbonyl (C=O) groups is 2. The Labute approximate surface area is 139 Å². The summed E-state index contributed by atoms with van der Waals surface area (Å²) in [7, 11) is 0. The second kappa shape index (κ2) is 6.69. The van der Waals surface area contributed by atoms with Crippen LogP contribution >= 0.6 is 0 Å². The minimum atomic E-state index is -0.478.